The average molecular weight is 662 g/mol. The first kappa shape index (κ1) is 32.7. The van der Waals surface area contributed by atoms with Crippen LogP contribution in [0.2, 0.25) is 5.02 Å². The lowest BCUT2D eigenvalue weighted by Crippen LogP contribution is -2.42. The monoisotopic (exact) mass is 661 g/mol. The van der Waals surface area contributed by atoms with Crippen LogP contribution in [-0.2, 0) is 32.4 Å². The van der Waals surface area contributed by atoms with Gasteiger partial charge in [-0.2, -0.15) is 26.3 Å². The highest BCUT2D eigenvalue weighted by Gasteiger charge is 2.46. The summed E-state index contributed by atoms with van der Waals surface area (Å²) in [5.41, 5.74) is -1.05. The molecule has 1 saturated carbocycles. The number of carbonyl (C=O) groups excluding carboxylic acids is 2. The van der Waals surface area contributed by atoms with Crippen LogP contribution in [0.1, 0.15) is 58.6 Å². The van der Waals surface area contributed by atoms with E-state index in [1.54, 1.807) is 0 Å². The summed E-state index contributed by atoms with van der Waals surface area (Å²) in [6.07, 6.45) is -7.51. The molecule has 1 aliphatic heterocycles. The van der Waals surface area contributed by atoms with Crippen molar-refractivity contribution in [1.82, 2.24) is 14.4 Å². The number of aromatic nitrogens is 1. The molecule has 1 aliphatic carbocycles. The minimum atomic E-state index is -5.62. The van der Waals surface area contributed by atoms with E-state index in [4.69, 9.17) is 16.3 Å². The van der Waals surface area contributed by atoms with Gasteiger partial charge in [0.05, 0.1) is 28.6 Å². The number of nitrogens with zero attached hydrogens (tertiary/aromatic N) is 3. The molecule has 4 rings (SSSR count). The molecule has 2 heterocycles. The Morgan fingerprint density at radius 2 is 1.70 bits per heavy atom. The standard InChI is InChI=1S/C25H23ClF7N3O6S/c1-43(39,40)36(42-23(38)25(31,32)33)22(37)17-9-16(13-2-3-13)14(8-20(17)27)12-35-6-4-15(5-7-35)41-21-10-18(24(28,29)30)19(26)11-34-21/h8-11,13,15H,2-7,12H2,1H3. The molecule has 1 aromatic heterocycles. The Labute approximate surface area is 245 Å². The molecule has 1 amide bonds. The van der Waals surface area contributed by atoms with E-state index in [9.17, 15) is 44.3 Å². The highest BCUT2D eigenvalue weighted by molar-refractivity contribution is 7.88. The zero-order valence-electron chi connectivity index (χ0n) is 22.1. The van der Waals surface area contributed by atoms with Gasteiger partial charge in [0.1, 0.15) is 11.9 Å². The maximum Gasteiger partial charge on any atom is 0.493 e. The third kappa shape index (κ3) is 8.06. The highest BCUT2D eigenvalue weighted by atomic mass is 35.5. The Balaban J connectivity index is 1.47. The number of sulfonamides is 1. The van der Waals surface area contributed by atoms with E-state index in [-0.39, 0.29) is 18.3 Å². The van der Waals surface area contributed by atoms with E-state index in [2.05, 4.69) is 9.82 Å². The Morgan fingerprint density at radius 3 is 2.23 bits per heavy atom. The summed E-state index contributed by atoms with van der Waals surface area (Å²) in [5.74, 6) is -6.39. The third-order valence-corrected chi connectivity index (χ3v) is 7.84. The fraction of sp³-hybridized carbons (Fsp3) is 0.480. The van der Waals surface area contributed by atoms with Crippen molar-refractivity contribution < 1.29 is 58.3 Å². The number of ether oxygens (including phenoxy) is 1. The lowest BCUT2D eigenvalue weighted by Gasteiger charge is -2.32. The van der Waals surface area contributed by atoms with Gasteiger partial charge in [-0.05, 0) is 54.9 Å². The summed E-state index contributed by atoms with van der Waals surface area (Å²) in [4.78, 5) is 33.5. The molecule has 9 nitrogen and oxygen atoms in total. The summed E-state index contributed by atoms with van der Waals surface area (Å²) >= 11 is 5.59. The maximum absolute atomic E-state index is 15.1. The van der Waals surface area contributed by atoms with Crippen molar-refractivity contribution in [1.29, 1.82) is 0 Å². The molecule has 0 bridgehead atoms. The summed E-state index contributed by atoms with van der Waals surface area (Å²) in [7, 11) is -4.89. The molecule has 2 aliphatic rings. The minimum absolute atomic E-state index is 0.119. The van der Waals surface area contributed by atoms with Crippen molar-refractivity contribution in [2.45, 2.75) is 56.6 Å². The van der Waals surface area contributed by atoms with Gasteiger partial charge in [0.15, 0.2) is 0 Å². The first-order valence-electron chi connectivity index (χ1n) is 12.6. The Hall–Kier alpha value is -3.18. The van der Waals surface area contributed by atoms with E-state index < -0.39 is 66.8 Å². The van der Waals surface area contributed by atoms with Crippen molar-refractivity contribution in [2.24, 2.45) is 0 Å². The fourth-order valence-corrected chi connectivity index (χ4v) is 5.30. The van der Waals surface area contributed by atoms with Crippen molar-refractivity contribution in [3.05, 3.63) is 57.5 Å². The largest absolute Gasteiger partial charge is 0.493 e. The number of hydroxylamine groups is 1. The normalized spacial score (nSPS) is 17.0. The molecule has 18 heteroatoms. The van der Waals surface area contributed by atoms with E-state index in [1.807, 2.05) is 4.90 Å². The van der Waals surface area contributed by atoms with Gasteiger partial charge in [-0.1, -0.05) is 16.1 Å². The number of hydrogen-bond acceptors (Lipinski definition) is 8. The number of pyridine rings is 1. The minimum Gasteiger partial charge on any atom is -0.474 e. The number of carbonyl (C=O) groups is 2. The van der Waals surface area contributed by atoms with Crippen LogP contribution in [0.25, 0.3) is 0 Å². The van der Waals surface area contributed by atoms with Crippen LogP contribution < -0.4 is 4.74 Å². The number of amides is 1. The predicted octanol–water partition coefficient (Wildman–Crippen LogP) is 5.24. The number of rotatable bonds is 7. The molecule has 0 N–H and O–H groups in total. The summed E-state index contributed by atoms with van der Waals surface area (Å²) in [6, 6.07) is 2.74. The summed E-state index contributed by atoms with van der Waals surface area (Å²) in [6.45, 7) is 0.971. The second-order valence-corrected chi connectivity index (χ2v) is 12.3. The molecular weight excluding hydrogens is 639 g/mol. The molecule has 43 heavy (non-hydrogen) atoms. The Bertz CT molecular complexity index is 1510. The van der Waals surface area contributed by atoms with E-state index in [0.717, 1.165) is 24.4 Å². The summed E-state index contributed by atoms with van der Waals surface area (Å²) < 4.78 is 121. The predicted molar refractivity (Wildman–Crippen MR) is 135 cm³/mol. The lowest BCUT2D eigenvalue weighted by atomic mass is 9.97. The smallest absolute Gasteiger partial charge is 0.474 e. The number of benzene rings is 1. The van der Waals surface area contributed by atoms with Crippen LogP contribution in [0.4, 0.5) is 30.7 Å². The number of halogens is 8. The molecular formula is C25H23ClF7N3O6S. The number of likely N-dealkylation sites (tertiary alicyclic amines) is 1. The van der Waals surface area contributed by atoms with Crippen LogP contribution in [0, 0.1) is 5.82 Å². The van der Waals surface area contributed by atoms with Gasteiger partial charge in [0, 0.05) is 25.7 Å². The SMILES string of the molecule is CS(=O)(=O)N(OC(=O)C(F)(F)F)C(=O)c1cc(C2CC2)c(CN2CCC(Oc3cc(C(F)(F)F)c(Cl)cn3)CC2)cc1F. The van der Waals surface area contributed by atoms with Crippen LogP contribution in [0.5, 0.6) is 5.88 Å². The topological polar surface area (TPSA) is 106 Å². The first-order chi connectivity index (χ1) is 19.8. The number of piperidine rings is 1. The molecule has 236 valence electrons. The van der Waals surface area contributed by atoms with Gasteiger partial charge >= 0.3 is 24.2 Å². The second-order valence-electron chi connectivity index (χ2n) is 10.1. The van der Waals surface area contributed by atoms with Gasteiger partial charge in [0.25, 0.3) is 10.0 Å². The maximum atomic E-state index is 15.1. The molecule has 2 aromatic rings. The van der Waals surface area contributed by atoms with Gasteiger partial charge in [-0.15, -0.1) is 0 Å². The van der Waals surface area contributed by atoms with Crippen LogP contribution in [0.3, 0.4) is 0 Å². The van der Waals surface area contributed by atoms with Gasteiger partial charge < -0.3 is 9.57 Å². The number of hydrogen-bond donors (Lipinski definition) is 0. The number of alkyl halides is 6. The van der Waals surface area contributed by atoms with Crippen molar-refractivity contribution >= 4 is 33.5 Å². The zero-order chi connectivity index (χ0) is 31.9. The third-order valence-electron chi connectivity index (χ3n) is 6.69. The molecule has 1 aromatic carbocycles. The van der Waals surface area contributed by atoms with Gasteiger partial charge in [0.2, 0.25) is 5.88 Å². The molecule has 0 atom stereocenters. The molecule has 0 unspecified atom stereocenters. The fourth-order valence-electron chi connectivity index (χ4n) is 4.49. The summed E-state index contributed by atoms with van der Waals surface area (Å²) in [5, 5.41) is -0.563. The molecule has 2 fully saturated rings. The quantitative estimate of drug-likeness (QED) is 0.293. The van der Waals surface area contributed by atoms with Crippen LogP contribution in [0.15, 0.2) is 24.4 Å². The van der Waals surface area contributed by atoms with Crippen molar-refractivity contribution in [2.75, 3.05) is 19.3 Å². The second kappa shape index (κ2) is 12.1. The van der Waals surface area contributed by atoms with Crippen molar-refractivity contribution in [3.8, 4) is 5.88 Å². The highest BCUT2D eigenvalue weighted by Crippen LogP contribution is 2.43. The van der Waals surface area contributed by atoms with E-state index >= 15 is 4.39 Å². The average Bonchev–Trinajstić information content (AvgIpc) is 3.73. The van der Waals surface area contributed by atoms with E-state index in [0.29, 0.717) is 56.2 Å². The molecule has 1 saturated heterocycles. The Morgan fingerprint density at radius 1 is 1.07 bits per heavy atom. The van der Waals surface area contributed by atoms with Crippen molar-refractivity contribution in [3.63, 3.8) is 0 Å². The van der Waals surface area contributed by atoms with Crippen LogP contribution >= 0.6 is 11.6 Å². The van der Waals surface area contributed by atoms with Gasteiger partial charge in [-0.3, -0.25) is 9.69 Å². The van der Waals surface area contributed by atoms with Gasteiger partial charge in [-0.25, -0.2) is 22.6 Å². The Kier molecular flexibility index (Phi) is 9.19. The first-order valence-corrected chi connectivity index (χ1v) is 14.8. The zero-order valence-corrected chi connectivity index (χ0v) is 23.7. The van der Waals surface area contributed by atoms with Crippen LogP contribution in [-0.4, -0.2) is 66.3 Å². The molecule has 0 radical (unpaired) electrons. The lowest BCUT2D eigenvalue weighted by molar-refractivity contribution is -0.216. The molecule has 0 spiro atoms. The van der Waals surface area contributed by atoms with E-state index in [1.165, 1.54) is 0 Å².